The zero-order valence-corrected chi connectivity index (χ0v) is 46.0. The van der Waals surface area contributed by atoms with Gasteiger partial charge in [0.05, 0.1) is 65.0 Å². The zero-order valence-electron chi connectivity index (χ0n) is 46.0. The lowest BCUT2D eigenvalue weighted by molar-refractivity contribution is -0.147. The SMILES string of the molecule is CC(C)(Oc1cccc(N2CCC[C@@H](C(=O)N(CCOCCOCCOCCOCc3ccccc3)Cc3ccc(-c4cnn(C(c5ccccc5)(c5ccccc5)c5ccccc5)c4)cc3)C2)c1)C(=O)N1CCN(C(=O)O)CC1. The quantitative estimate of drug-likeness (QED) is 0.0408. The molecule has 2 aliphatic rings. The van der Waals surface area contributed by atoms with Crippen LogP contribution in [0.1, 0.15) is 54.5 Å². The summed E-state index contributed by atoms with van der Waals surface area (Å²) in [7, 11) is 0. The van der Waals surface area contributed by atoms with Crippen LogP contribution in [0.25, 0.3) is 11.1 Å². The summed E-state index contributed by atoms with van der Waals surface area (Å²) in [6.07, 6.45) is 4.63. The van der Waals surface area contributed by atoms with Crippen molar-refractivity contribution in [1.29, 1.82) is 0 Å². The third kappa shape index (κ3) is 14.5. The van der Waals surface area contributed by atoms with Gasteiger partial charge in [0, 0.05) is 75.9 Å². The lowest BCUT2D eigenvalue weighted by Crippen LogP contribution is -2.56. The first-order chi connectivity index (χ1) is 39.1. The average Bonchev–Trinajstić information content (AvgIpc) is 3.86. The molecular formula is C65H74N6O9. The molecule has 15 heteroatoms. The average molecular weight is 1080 g/mol. The Hall–Kier alpha value is -7.82. The molecule has 0 bridgehead atoms. The molecule has 3 heterocycles. The third-order valence-corrected chi connectivity index (χ3v) is 14.9. The van der Waals surface area contributed by atoms with Gasteiger partial charge in [-0.1, -0.05) is 152 Å². The van der Waals surface area contributed by atoms with Crippen LogP contribution >= 0.6 is 0 Å². The van der Waals surface area contributed by atoms with Crippen molar-refractivity contribution >= 4 is 23.6 Å². The minimum absolute atomic E-state index is 0.0611. The number of rotatable bonds is 26. The van der Waals surface area contributed by atoms with Crippen molar-refractivity contribution in [3.8, 4) is 16.9 Å². The Bertz CT molecular complexity index is 2930. The Morgan fingerprint density at radius 2 is 1.15 bits per heavy atom. The van der Waals surface area contributed by atoms with Crippen LogP contribution in [0.5, 0.6) is 5.75 Å². The van der Waals surface area contributed by atoms with Crippen LogP contribution in [-0.2, 0) is 47.2 Å². The molecule has 1 N–H and O–H groups in total. The molecule has 15 nitrogen and oxygen atoms in total. The second-order valence-electron chi connectivity index (χ2n) is 20.8. The van der Waals surface area contributed by atoms with Crippen molar-refractivity contribution in [1.82, 2.24) is 24.5 Å². The standard InChI is InChI=1S/C65H74N6O9/c1-64(2,62(73)67-33-35-68(36-34-67)63(74)75)80-60-27-15-26-59(45-60)69-32-16-19-54(48-69)61(72)70(37-38-76-39-40-77-41-42-78-43-44-79-50-52-17-7-3-8-18-52)47-51-28-30-53(31-29-51)55-46-66-71(49-55)65(56-20-9-4-10-21-56,57-22-11-5-12-23-57)58-24-13-6-14-25-58/h3-15,17-18,20-31,45-46,49,54H,16,19,32-44,47-48,50H2,1-2H3,(H,74,75)/t54-/m1/s1. The van der Waals surface area contributed by atoms with E-state index in [1.807, 2.05) is 83.9 Å². The Morgan fingerprint density at radius 3 is 1.74 bits per heavy atom. The number of carbonyl (C=O) groups is 3. The van der Waals surface area contributed by atoms with Crippen LogP contribution in [0.15, 0.2) is 182 Å². The van der Waals surface area contributed by atoms with Crippen molar-refractivity contribution in [2.24, 2.45) is 5.92 Å². The first kappa shape index (κ1) is 56.9. The van der Waals surface area contributed by atoms with E-state index >= 15 is 0 Å². The Balaban J connectivity index is 0.854. The summed E-state index contributed by atoms with van der Waals surface area (Å²) < 4.78 is 31.7. The molecule has 7 aromatic rings. The second kappa shape index (κ2) is 27.9. The van der Waals surface area contributed by atoms with Crippen LogP contribution in [0.2, 0.25) is 0 Å². The van der Waals surface area contributed by atoms with Crippen molar-refractivity contribution in [3.05, 3.63) is 210 Å². The summed E-state index contributed by atoms with van der Waals surface area (Å²) in [6.45, 7) is 10.2. The van der Waals surface area contributed by atoms with Crippen molar-refractivity contribution in [2.75, 3.05) is 97.0 Å². The number of hydrogen-bond acceptors (Lipinski definition) is 10. The Morgan fingerprint density at radius 1 is 0.600 bits per heavy atom. The number of nitrogens with zero attached hydrogens (tertiary/aromatic N) is 6. The normalized spacial score (nSPS) is 14.9. The molecule has 0 unspecified atom stereocenters. The summed E-state index contributed by atoms with van der Waals surface area (Å²) in [5.41, 5.74) is 6.35. The van der Waals surface area contributed by atoms with E-state index < -0.39 is 17.2 Å². The number of aromatic nitrogens is 2. The largest absolute Gasteiger partial charge is 0.478 e. The summed E-state index contributed by atoms with van der Waals surface area (Å²) in [5.74, 6) is 0.128. The molecule has 2 fully saturated rings. The van der Waals surface area contributed by atoms with E-state index in [1.54, 1.807) is 18.7 Å². The molecule has 3 amide bonds. The van der Waals surface area contributed by atoms with E-state index in [9.17, 15) is 19.5 Å². The van der Waals surface area contributed by atoms with Crippen LogP contribution in [0.4, 0.5) is 10.5 Å². The molecule has 418 valence electrons. The second-order valence-corrected chi connectivity index (χ2v) is 20.8. The number of carboxylic acid groups (broad SMARTS) is 1. The van der Waals surface area contributed by atoms with E-state index in [2.05, 4.69) is 113 Å². The monoisotopic (exact) mass is 1080 g/mol. The van der Waals surface area contributed by atoms with Gasteiger partial charge in [-0.3, -0.25) is 14.3 Å². The van der Waals surface area contributed by atoms with E-state index in [-0.39, 0.29) is 30.8 Å². The van der Waals surface area contributed by atoms with E-state index in [0.29, 0.717) is 91.3 Å². The fourth-order valence-corrected chi connectivity index (χ4v) is 10.7. The molecule has 0 radical (unpaired) electrons. The van der Waals surface area contributed by atoms with Crippen LogP contribution < -0.4 is 9.64 Å². The van der Waals surface area contributed by atoms with E-state index in [0.717, 1.165) is 64.0 Å². The van der Waals surface area contributed by atoms with Crippen LogP contribution in [-0.4, -0.2) is 145 Å². The van der Waals surface area contributed by atoms with Crippen LogP contribution in [0, 0.1) is 5.92 Å². The minimum Gasteiger partial charge on any atom is -0.478 e. The first-order valence-electron chi connectivity index (χ1n) is 27.8. The van der Waals surface area contributed by atoms with Gasteiger partial charge in [0.2, 0.25) is 5.91 Å². The summed E-state index contributed by atoms with van der Waals surface area (Å²) in [5, 5.41) is 14.5. The Kier molecular flexibility index (Phi) is 19.8. The number of benzene rings is 6. The molecule has 2 aliphatic heterocycles. The van der Waals surface area contributed by atoms with Gasteiger partial charge in [-0.05, 0) is 72.2 Å². The highest BCUT2D eigenvalue weighted by Gasteiger charge is 2.40. The van der Waals surface area contributed by atoms with Crippen molar-refractivity contribution in [2.45, 2.75) is 51.0 Å². The molecule has 6 aromatic carbocycles. The maximum absolute atomic E-state index is 14.8. The molecular weight excluding hydrogens is 1010 g/mol. The van der Waals surface area contributed by atoms with Gasteiger partial charge < -0.3 is 48.4 Å². The maximum Gasteiger partial charge on any atom is 0.407 e. The smallest absolute Gasteiger partial charge is 0.407 e. The predicted octanol–water partition coefficient (Wildman–Crippen LogP) is 9.88. The Labute approximate surface area is 470 Å². The highest BCUT2D eigenvalue weighted by atomic mass is 16.6. The van der Waals surface area contributed by atoms with Crippen molar-refractivity contribution < 1.29 is 43.2 Å². The number of anilines is 1. The van der Waals surface area contributed by atoms with Gasteiger partial charge in [-0.15, -0.1) is 0 Å². The first-order valence-corrected chi connectivity index (χ1v) is 27.8. The highest BCUT2D eigenvalue weighted by molar-refractivity contribution is 5.85. The molecule has 0 aliphatic carbocycles. The highest BCUT2D eigenvalue weighted by Crippen LogP contribution is 2.41. The van der Waals surface area contributed by atoms with E-state index in [1.165, 1.54) is 4.90 Å². The molecule has 1 aromatic heterocycles. The molecule has 0 saturated carbocycles. The van der Waals surface area contributed by atoms with Crippen LogP contribution in [0.3, 0.4) is 0 Å². The molecule has 1 atom stereocenters. The number of ether oxygens (including phenoxy) is 5. The summed E-state index contributed by atoms with van der Waals surface area (Å²) in [6, 6.07) is 57.7. The summed E-state index contributed by atoms with van der Waals surface area (Å²) >= 11 is 0. The van der Waals surface area contributed by atoms with E-state index in [4.69, 9.17) is 28.8 Å². The van der Waals surface area contributed by atoms with Gasteiger partial charge in [-0.25, -0.2) is 4.79 Å². The lowest BCUT2D eigenvalue weighted by Gasteiger charge is -2.38. The molecule has 0 spiro atoms. The van der Waals surface area contributed by atoms with Gasteiger partial charge in [0.15, 0.2) is 5.60 Å². The van der Waals surface area contributed by atoms with Gasteiger partial charge in [0.25, 0.3) is 5.91 Å². The third-order valence-electron chi connectivity index (χ3n) is 14.9. The van der Waals surface area contributed by atoms with Crippen molar-refractivity contribution in [3.63, 3.8) is 0 Å². The van der Waals surface area contributed by atoms with Gasteiger partial charge in [0.1, 0.15) is 11.3 Å². The fourth-order valence-electron chi connectivity index (χ4n) is 10.7. The fraction of sp³-hybridized carbons (Fsp3) is 0.354. The molecule has 80 heavy (non-hydrogen) atoms. The minimum atomic E-state index is -1.19. The number of piperazine rings is 1. The number of amides is 3. The van der Waals surface area contributed by atoms with Gasteiger partial charge in [-0.2, -0.15) is 5.10 Å². The molecule has 2 saturated heterocycles. The predicted molar refractivity (Wildman–Crippen MR) is 309 cm³/mol. The number of carbonyl (C=O) groups excluding carboxylic acids is 2. The number of hydrogen-bond donors (Lipinski definition) is 1. The lowest BCUT2D eigenvalue weighted by atomic mass is 9.77. The summed E-state index contributed by atoms with van der Waals surface area (Å²) in [4.78, 5) is 47.1. The maximum atomic E-state index is 14.8. The number of piperidine rings is 1. The van der Waals surface area contributed by atoms with Gasteiger partial charge >= 0.3 is 6.09 Å². The zero-order chi connectivity index (χ0) is 55.6. The topological polar surface area (TPSA) is 148 Å². The molecule has 9 rings (SSSR count).